The van der Waals surface area contributed by atoms with E-state index in [1.807, 2.05) is 18.2 Å². The summed E-state index contributed by atoms with van der Waals surface area (Å²) >= 11 is 0. The summed E-state index contributed by atoms with van der Waals surface area (Å²) in [5.74, 6) is 1.49. The lowest BCUT2D eigenvalue weighted by atomic mass is 9.94. The van der Waals surface area contributed by atoms with E-state index in [1.54, 1.807) is 7.11 Å². The topological polar surface area (TPSA) is 48.3 Å². The van der Waals surface area contributed by atoms with Gasteiger partial charge in [-0.2, -0.15) is 5.26 Å². The molecule has 20 heavy (non-hydrogen) atoms. The second kappa shape index (κ2) is 5.82. The molecule has 2 aliphatic rings. The molecule has 0 amide bonds. The van der Waals surface area contributed by atoms with Gasteiger partial charge in [-0.1, -0.05) is 6.07 Å². The quantitative estimate of drug-likeness (QED) is 0.910. The first-order valence-electron chi connectivity index (χ1n) is 7.33. The van der Waals surface area contributed by atoms with Crippen LogP contribution >= 0.6 is 0 Å². The molecule has 0 bridgehead atoms. The molecule has 1 N–H and O–H groups in total. The van der Waals surface area contributed by atoms with Crippen molar-refractivity contribution >= 4 is 0 Å². The van der Waals surface area contributed by atoms with Crippen molar-refractivity contribution < 1.29 is 4.74 Å². The molecule has 2 atom stereocenters. The number of likely N-dealkylation sites (tertiary alicyclic amines) is 1. The monoisotopic (exact) mass is 271 g/mol. The van der Waals surface area contributed by atoms with Crippen LogP contribution < -0.4 is 10.1 Å². The average molecular weight is 271 g/mol. The molecule has 0 unspecified atom stereocenters. The summed E-state index contributed by atoms with van der Waals surface area (Å²) in [4.78, 5) is 2.51. The molecule has 1 aromatic rings. The van der Waals surface area contributed by atoms with E-state index in [2.05, 4.69) is 16.3 Å². The van der Waals surface area contributed by atoms with Gasteiger partial charge in [-0.05, 0) is 43.0 Å². The lowest BCUT2D eigenvalue weighted by Crippen LogP contribution is -2.40. The van der Waals surface area contributed by atoms with Crippen molar-refractivity contribution in [1.82, 2.24) is 10.2 Å². The zero-order valence-electron chi connectivity index (χ0n) is 11.9. The molecule has 0 aliphatic carbocycles. The number of ether oxygens (including phenoxy) is 1. The van der Waals surface area contributed by atoms with E-state index >= 15 is 0 Å². The Morgan fingerprint density at radius 3 is 3.10 bits per heavy atom. The van der Waals surface area contributed by atoms with Gasteiger partial charge in [-0.25, -0.2) is 0 Å². The molecule has 0 saturated carbocycles. The maximum absolute atomic E-state index is 9.02. The highest BCUT2D eigenvalue weighted by molar-refractivity contribution is 5.45. The molecular weight excluding hydrogens is 250 g/mol. The molecule has 1 aromatic carbocycles. The first-order valence-corrected chi connectivity index (χ1v) is 7.33. The van der Waals surface area contributed by atoms with Gasteiger partial charge in [0.15, 0.2) is 0 Å². The summed E-state index contributed by atoms with van der Waals surface area (Å²) in [6, 6.07) is 8.72. The number of hydrogen-bond acceptors (Lipinski definition) is 4. The normalized spacial score (nSPS) is 26.0. The summed E-state index contributed by atoms with van der Waals surface area (Å²) in [6.07, 6.45) is 2.66. The molecule has 4 nitrogen and oxygen atoms in total. The summed E-state index contributed by atoms with van der Waals surface area (Å²) < 4.78 is 5.28. The molecule has 0 aromatic heterocycles. The molecule has 0 spiro atoms. The van der Waals surface area contributed by atoms with Gasteiger partial charge in [0.25, 0.3) is 0 Å². The van der Waals surface area contributed by atoms with E-state index in [4.69, 9.17) is 10.00 Å². The minimum Gasteiger partial charge on any atom is -0.495 e. The highest BCUT2D eigenvalue weighted by Crippen LogP contribution is 2.27. The Labute approximate surface area is 120 Å². The Balaban J connectivity index is 1.68. The van der Waals surface area contributed by atoms with Crippen molar-refractivity contribution in [3.63, 3.8) is 0 Å². The third-order valence-electron chi connectivity index (χ3n) is 4.47. The second-order valence-electron chi connectivity index (χ2n) is 5.80. The van der Waals surface area contributed by atoms with Gasteiger partial charge < -0.3 is 10.1 Å². The van der Waals surface area contributed by atoms with E-state index in [9.17, 15) is 0 Å². The van der Waals surface area contributed by atoms with Gasteiger partial charge in [0.1, 0.15) is 11.8 Å². The number of benzene rings is 1. The van der Waals surface area contributed by atoms with Crippen LogP contribution in [0.15, 0.2) is 18.2 Å². The van der Waals surface area contributed by atoms with Gasteiger partial charge in [0.05, 0.1) is 12.7 Å². The van der Waals surface area contributed by atoms with Crippen LogP contribution in [-0.2, 0) is 6.54 Å². The van der Waals surface area contributed by atoms with Crippen LogP contribution in [0.1, 0.15) is 24.0 Å². The number of nitriles is 1. The molecule has 106 valence electrons. The first-order chi connectivity index (χ1) is 9.80. The third-order valence-corrected chi connectivity index (χ3v) is 4.47. The maximum Gasteiger partial charge on any atom is 0.136 e. The Morgan fingerprint density at radius 2 is 2.35 bits per heavy atom. The predicted molar refractivity (Wildman–Crippen MR) is 77.5 cm³/mol. The number of piperidine rings is 1. The summed E-state index contributed by atoms with van der Waals surface area (Å²) in [6.45, 7) is 4.42. The van der Waals surface area contributed by atoms with E-state index < -0.39 is 0 Å². The van der Waals surface area contributed by atoms with Crippen LogP contribution in [0.25, 0.3) is 0 Å². The molecule has 0 radical (unpaired) electrons. The molecule has 2 saturated heterocycles. The zero-order valence-corrected chi connectivity index (χ0v) is 11.9. The standard InChI is InChI=1S/C16H21N3O/c1-20-16-7-12(4-5-13(16)8-17)9-19-10-14-3-2-6-18-15(14)11-19/h4-5,7,14-15,18H,2-3,6,9-11H2,1H3/t14-,15+/m0/s1. The number of methoxy groups -OCH3 is 1. The fraction of sp³-hybridized carbons (Fsp3) is 0.562. The first kappa shape index (κ1) is 13.4. The molecular formula is C16H21N3O. The predicted octanol–water partition coefficient (Wildman–Crippen LogP) is 1.75. The number of nitrogens with one attached hydrogen (secondary N) is 1. The van der Waals surface area contributed by atoms with Crippen LogP contribution in [0.2, 0.25) is 0 Å². The minimum absolute atomic E-state index is 0.605. The van der Waals surface area contributed by atoms with Crippen LogP contribution in [0, 0.1) is 17.2 Å². The van der Waals surface area contributed by atoms with E-state index in [0.717, 1.165) is 19.0 Å². The van der Waals surface area contributed by atoms with E-state index in [1.165, 1.54) is 31.5 Å². The molecule has 2 heterocycles. The van der Waals surface area contributed by atoms with Crippen molar-refractivity contribution in [2.45, 2.75) is 25.4 Å². The fourth-order valence-electron chi connectivity index (χ4n) is 3.45. The Hall–Kier alpha value is -1.57. The smallest absolute Gasteiger partial charge is 0.136 e. The van der Waals surface area contributed by atoms with E-state index in [-0.39, 0.29) is 0 Å². The average Bonchev–Trinajstić information content (AvgIpc) is 2.89. The van der Waals surface area contributed by atoms with Crippen molar-refractivity contribution in [1.29, 1.82) is 5.26 Å². The highest BCUT2D eigenvalue weighted by Gasteiger charge is 2.33. The Bertz CT molecular complexity index is 509. The summed E-state index contributed by atoms with van der Waals surface area (Å²) in [5.41, 5.74) is 1.83. The minimum atomic E-state index is 0.605. The Kier molecular flexibility index (Phi) is 3.90. The number of rotatable bonds is 3. The van der Waals surface area contributed by atoms with Crippen molar-refractivity contribution in [2.24, 2.45) is 5.92 Å². The van der Waals surface area contributed by atoms with Crippen LogP contribution in [0.4, 0.5) is 0 Å². The number of nitrogens with zero attached hydrogens (tertiary/aromatic N) is 2. The van der Waals surface area contributed by atoms with Crippen LogP contribution in [0.5, 0.6) is 5.75 Å². The van der Waals surface area contributed by atoms with Gasteiger partial charge >= 0.3 is 0 Å². The zero-order chi connectivity index (χ0) is 13.9. The van der Waals surface area contributed by atoms with Crippen molar-refractivity contribution in [3.8, 4) is 11.8 Å². The Morgan fingerprint density at radius 1 is 1.45 bits per heavy atom. The van der Waals surface area contributed by atoms with Gasteiger partial charge in [0.2, 0.25) is 0 Å². The molecule has 4 heteroatoms. The SMILES string of the molecule is COc1cc(CN2C[C@@H]3CCCN[C@@H]3C2)ccc1C#N. The van der Waals surface area contributed by atoms with Crippen LogP contribution in [0.3, 0.4) is 0 Å². The lowest BCUT2D eigenvalue weighted by molar-refractivity contribution is 0.312. The summed E-state index contributed by atoms with van der Waals surface area (Å²) in [7, 11) is 1.62. The number of fused-ring (bicyclic) bond motifs is 1. The largest absolute Gasteiger partial charge is 0.495 e. The molecule has 3 rings (SSSR count). The van der Waals surface area contributed by atoms with Gasteiger partial charge in [-0.3, -0.25) is 4.90 Å². The molecule has 2 fully saturated rings. The fourth-order valence-corrected chi connectivity index (χ4v) is 3.45. The maximum atomic E-state index is 9.02. The van der Waals surface area contributed by atoms with Crippen LogP contribution in [-0.4, -0.2) is 37.7 Å². The van der Waals surface area contributed by atoms with Gasteiger partial charge in [0, 0.05) is 25.7 Å². The highest BCUT2D eigenvalue weighted by atomic mass is 16.5. The molecule has 2 aliphatic heterocycles. The summed E-state index contributed by atoms with van der Waals surface area (Å²) in [5, 5.41) is 12.6. The van der Waals surface area contributed by atoms with E-state index in [0.29, 0.717) is 17.4 Å². The lowest BCUT2D eigenvalue weighted by Gasteiger charge is -2.24. The van der Waals surface area contributed by atoms with Gasteiger partial charge in [-0.15, -0.1) is 0 Å². The number of hydrogen-bond donors (Lipinski definition) is 1. The second-order valence-corrected chi connectivity index (χ2v) is 5.80. The third kappa shape index (κ3) is 2.65. The van der Waals surface area contributed by atoms with Crippen molar-refractivity contribution in [3.05, 3.63) is 29.3 Å². The van der Waals surface area contributed by atoms with Crippen molar-refractivity contribution in [2.75, 3.05) is 26.7 Å².